The molecule has 0 saturated carbocycles. The summed E-state index contributed by atoms with van der Waals surface area (Å²) in [6.07, 6.45) is 0.536. The van der Waals surface area contributed by atoms with Gasteiger partial charge in [0, 0.05) is 6.54 Å². The van der Waals surface area contributed by atoms with Gasteiger partial charge in [0.25, 0.3) is 0 Å². The maximum Gasteiger partial charge on any atom is 0.319 e. The lowest BCUT2D eigenvalue weighted by atomic mass is 10.2. The van der Waals surface area contributed by atoms with Gasteiger partial charge >= 0.3 is 6.03 Å². The van der Waals surface area contributed by atoms with Gasteiger partial charge in [-0.2, -0.15) is 0 Å². The third kappa shape index (κ3) is 4.29. The third-order valence-corrected chi connectivity index (χ3v) is 2.43. The Kier molecular flexibility index (Phi) is 5.51. The zero-order valence-corrected chi connectivity index (χ0v) is 10.0. The van der Waals surface area contributed by atoms with Crippen LogP contribution in [-0.4, -0.2) is 23.8 Å². The molecule has 0 fully saturated rings. The van der Waals surface area contributed by atoms with Crippen LogP contribution in [0.2, 0.25) is 0 Å². The van der Waals surface area contributed by atoms with Crippen LogP contribution in [0.3, 0.4) is 0 Å². The van der Waals surface area contributed by atoms with E-state index in [4.69, 9.17) is 0 Å². The van der Waals surface area contributed by atoms with Gasteiger partial charge in [-0.25, -0.2) is 13.6 Å². The quantitative estimate of drug-likeness (QED) is 0.758. The van der Waals surface area contributed by atoms with Crippen LogP contribution in [0.4, 0.5) is 19.3 Å². The zero-order chi connectivity index (χ0) is 13.5. The first kappa shape index (κ1) is 14.4. The van der Waals surface area contributed by atoms with Crippen molar-refractivity contribution in [2.45, 2.75) is 25.9 Å². The first-order chi connectivity index (χ1) is 8.54. The molecule has 1 unspecified atom stereocenters. The van der Waals surface area contributed by atoms with Crippen molar-refractivity contribution in [2.75, 3.05) is 11.9 Å². The fourth-order valence-electron chi connectivity index (χ4n) is 1.32. The number of aliphatic hydroxyl groups is 1. The second-order valence-electron chi connectivity index (χ2n) is 3.83. The van der Waals surface area contributed by atoms with E-state index in [0.717, 1.165) is 6.07 Å². The zero-order valence-electron chi connectivity index (χ0n) is 10.0. The lowest BCUT2D eigenvalue weighted by Gasteiger charge is -2.10. The molecule has 1 aromatic rings. The summed E-state index contributed by atoms with van der Waals surface area (Å²) in [6, 6.07) is 2.90. The summed E-state index contributed by atoms with van der Waals surface area (Å²) in [6.45, 7) is 2.09. The normalized spacial score (nSPS) is 12.0. The molecule has 0 bridgehead atoms. The minimum atomic E-state index is -1.10. The van der Waals surface area contributed by atoms with Gasteiger partial charge in [0.15, 0.2) is 11.6 Å². The van der Waals surface area contributed by atoms with Crippen molar-refractivity contribution in [3.8, 4) is 0 Å². The Morgan fingerprint density at radius 1 is 1.44 bits per heavy atom. The molecule has 0 aliphatic rings. The topological polar surface area (TPSA) is 61.4 Å². The van der Waals surface area contributed by atoms with Gasteiger partial charge in [0.1, 0.15) is 0 Å². The molecule has 6 heteroatoms. The summed E-state index contributed by atoms with van der Waals surface area (Å²) in [5, 5.41) is 13.9. The molecule has 0 spiro atoms. The van der Waals surface area contributed by atoms with Gasteiger partial charge in [0.05, 0.1) is 11.8 Å². The maximum atomic E-state index is 13.2. The highest BCUT2D eigenvalue weighted by Crippen LogP contribution is 2.16. The number of carbonyl (C=O) groups is 1. The van der Waals surface area contributed by atoms with Gasteiger partial charge in [-0.3, -0.25) is 0 Å². The van der Waals surface area contributed by atoms with Crippen LogP contribution in [-0.2, 0) is 0 Å². The third-order valence-electron chi connectivity index (χ3n) is 2.43. The number of rotatable bonds is 5. The van der Waals surface area contributed by atoms with Gasteiger partial charge in [-0.05, 0) is 25.0 Å². The molecule has 100 valence electrons. The van der Waals surface area contributed by atoms with Crippen molar-refractivity contribution in [3.05, 3.63) is 29.8 Å². The number of nitrogens with one attached hydrogen (secondary N) is 2. The van der Waals surface area contributed by atoms with Crippen molar-refractivity contribution in [1.82, 2.24) is 5.32 Å². The number of hydrogen-bond donors (Lipinski definition) is 3. The van der Waals surface area contributed by atoms with E-state index in [1.807, 2.05) is 6.92 Å². The largest absolute Gasteiger partial charge is 0.393 e. The van der Waals surface area contributed by atoms with E-state index in [1.54, 1.807) is 0 Å². The van der Waals surface area contributed by atoms with Crippen LogP contribution in [0.5, 0.6) is 0 Å². The number of aliphatic hydroxyl groups excluding tert-OH is 1. The Morgan fingerprint density at radius 3 is 2.83 bits per heavy atom. The van der Waals surface area contributed by atoms with E-state index in [1.165, 1.54) is 12.1 Å². The summed E-state index contributed by atoms with van der Waals surface area (Å²) in [4.78, 5) is 11.4. The van der Waals surface area contributed by atoms with Crippen LogP contribution in [0.1, 0.15) is 19.8 Å². The van der Waals surface area contributed by atoms with Gasteiger partial charge in [0.2, 0.25) is 0 Å². The predicted octanol–water partition coefficient (Wildman–Crippen LogP) is 2.25. The maximum absolute atomic E-state index is 13.2. The number of hydrogen-bond acceptors (Lipinski definition) is 2. The molecule has 0 saturated heterocycles. The number of halogens is 2. The molecule has 0 heterocycles. The van der Waals surface area contributed by atoms with Crippen molar-refractivity contribution in [1.29, 1.82) is 0 Å². The first-order valence-electron chi connectivity index (χ1n) is 5.71. The Labute approximate surface area is 104 Å². The molecule has 0 aliphatic carbocycles. The summed E-state index contributed by atoms with van der Waals surface area (Å²) in [5.74, 6) is -2.12. The molecule has 0 aliphatic heterocycles. The predicted molar refractivity (Wildman–Crippen MR) is 64.3 cm³/mol. The van der Waals surface area contributed by atoms with Crippen LogP contribution in [0.15, 0.2) is 18.2 Å². The SMILES string of the molecule is CCC(O)CCNC(=O)Nc1cccc(F)c1F. The molecule has 4 nitrogen and oxygen atoms in total. The van der Waals surface area contributed by atoms with Crippen LogP contribution in [0, 0.1) is 11.6 Å². The van der Waals surface area contributed by atoms with Gasteiger partial charge < -0.3 is 15.7 Å². The monoisotopic (exact) mass is 258 g/mol. The lowest BCUT2D eigenvalue weighted by molar-refractivity contribution is 0.160. The van der Waals surface area contributed by atoms with E-state index in [9.17, 15) is 18.7 Å². The summed E-state index contributed by atoms with van der Waals surface area (Å²) in [5.41, 5.74) is -0.219. The van der Waals surface area contributed by atoms with Crippen LogP contribution < -0.4 is 10.6 Å². The average Bonchev–Trinajstić information content (AvgIpc) is 2.34. The average molecular weight is 258 g/mol. The molecular formula is C12H16F2N2O2. The molecule has 1 atom stereocenters. The minimum absolute atomic E-state index is 0.219. The molecule has 2 amide bonds. The minimum Gasteiger partial charge on any atom is -0.393 e. The molecule has 3 N–H and O–H groups in total. The Hall–Kier alpha value is -1.69. The Bertz CT molecular complexity index is 413. The molecule has 0 aromatic heterocycles. The second-order valence-corrected chi connectivity index (χ2v) is 3.83. The van der Waals surface area contributed by atoms with E-state index in [-0.39, 0.29) is 12.2 Å². The molecular weight excluding hydrogens is 242 g/mol. The number of urea groups is 1. The van der Waals surface area contributed by atoms with E-state index < -0.39 is 23.8 Å². The first-order valence-corrected chi connectivity index (χ1v) is 5.71. The smallest absolute Gasteiger partial charge is 0.319 e. The lowest BCUT2D eigenvalue weighted by Crippen LogP contribution is -2.31. The fraction of sp³-hybridized carbons (Fsp3) is 0.417. The summed E-state index contributed by atoms with van der Waals surface area (Å²) < 4.78 is 26.1. The summed E-state index contributed by atoms with van der Waals surface area (Å²) in [7, 11) is 0. The Morgan fingerprint density at radius 2 is 2.17 bits per heavy atom. The highest BCUT2D eigenvalue weighted by molar-refractivity contribution is 5.89. The van der Waals surface area contributed by atoms with E-state index in [0.29, 0.717) is 12.8 Å². The van der Waals surface area contributed by atoms with Crippen LogP contribution >= 0.6 is 0 Å². The Balaban J connectivity index is 2.43. The van der Waals surface area contributed by atoms with Crippen molar-refractivity contribution in [2.24, 2.45) is 0 Å². The number of amides is 2. The van der Waals surface area contributed by atoms with Gasteiger partial charge in [-0.1, -0.05) is 13.0 Å². The van der Waals surface area contributed by atoms with Gasteiger partial charge in [-0.15, -0.1) is 0 Å². The van der Waals surface area contributed by atoms with E-state index in [2.05, 4.69) is 10.6 Å². The molecule has 0 radical (unpaired) electrons. The van der Waals surface area contributed by atoms with Crippen molar-refractivity contribution >= 4 is 11.7 Å². The highest BCUT2D eigenvalue weighted by atomic mass is 19.2. The fourth-order valence-corrected chi connectivity index (χ4v) is 1.32. The number of benzene rings is 1. The molecule has 18 heavy (non-hydrogen) atoms. The second kappa shape index (κ2) is 6.90. The van der Waals surface area contributed by atoms with Crippen LogP contribution in [0.25, 0.3) is 0 Å². The summed E-state index contributed by atoms with van der Waals surface area (Å²) >= 11 is 0. The standard InChI is InChI=1S/C12H16F2N2O2/c1-2-8(17)6-7-15-12(18)16-10-5-3-4-9(13)11(10)14/h3-5,8,17H,2,6-7H2,1H3,(H2,15,16,18). The van der Waals surface area contributed by atoms with E-state index >= 15 is 0 Å². The molecule has 1 rings (SSSR count). The molecule has 1 aromatic carbocycles. The number of carbonyl (C=O) groups excluding carboxylic acids is 1. The van der Waals surface area contributed by atoms with Crippen molar-refractivity contribution < 1.29 is 18.7 Å². The van der Waals surface area contributed by atoms with Crippen molar-refractivity contribution in [3.63, 3.8) is 0 Å². The number of anilines is 1. The highest BCUT2D eigenvalue weighted by Gasteiger charge is 2.10.